The van der Waals surface area contributed by atoms with E-state index < -0.39 is 0 Å². The van der Waals surface area contributed by atoms with Gasteiger partial charge >= 0.3 is 0 Å². The van der Waals surface area contributed by atoms with Gasteiger partial charge in [0.15, 0.2) is 0 Å². The van der Waals surface area contributed by atoms with Crippen LogP contribution in [-0.4, -0.2) is 42.9 Å². The summed E-state index contributed by atoms with van der Waals surface area (Å²) in [6.45, 7) is 3.09. The molecule has 2 amide bonds. The lowest BCUT2D eigenvalue weighted by Crippen LogP contribution is -2.49. The highest BCUT2D eigenvalue weighted by atomic mass is 19.1. The molecule has 2 aromatic carbocycles. The van der Waals surface area contributed by atoms with Crippen molar-refractivity contribution in [3.63, 3.8) is 0 Å². The first-order valence-electron chi connectivity index (χ1n) is 9.31. The standard InChI is InChI=1S/C21H22FN3O2/c22-17-2-1-3-18(14-17)23-20(26)15-6-8-19(9-7-15)24-10-12-25(13-11-24)21(27)16-4-5-16/h1-3,6-9,14,16H,4-5,10-13H2,(H,23,26). The maximum Gasteiger partial charge on any atom is 0.255 e. The molecule has 1 saturated carbocycles. The quantitative estimate of drug-likeness (QED) is 0.903. The van der Waals surface area contributed by atoms with Gasteiger partial charge in [0.2, 0.25) is 5.91 Å². The summed E-state index contributed by atoms with van der Waals surface area (Å²) < 4.78 is 13.2. The Kier molecular flexibility index (Phi) is 4.79. The van der Waals surface area contributed by atoms with Gasteiger partial charge in [0, 0.05) is 49.0 Å². The van der Waals surface area contributed by atoms with Gasteiger partial charge in [0.1, 0.15) is 5.82 Å². The number of rotatable bonds is 4. The van der Waals surface area contributed by atoms with Crippen LogP contribution in [0.4, 0.5) is 15.8 Å². The highest BCUT2D eigenvalue weighted by molar-refractivity contribution is 6.04. The number of carbonyl (C=O) groups is 2. The molecule has 0 atom stereocenters. The van der Waals surface area contributed by atoms with Crippen molar-refractivity contribution < 1.29 is 14.0 Å². The molecule has 0 radical (unpaired) electrons. The smallest absolute Gasteiger partial charge is 0.255 e. The molecule has 2 aliphatic rings. The monoisotopic (exact) mass is 367 g/mol. The molecule has 27 heavy (non-hydrogen) atoms. The average Bonchev–Trinajstić information content (AvgIpc) is 3.53. The molecule has 5 nitrogen and oxygen atoms in total. The summed E-state index contributed by atoms with van der Waals surface area (Å²) in [7, 11) is 0. The molecule has 1 saturated heterocycles. The first-order chi connectivity index (χ1) is 13.1. The summed E-state index contributed by atoms with van der Waals surface area (Å²) in [5.41, 5.74) is 1.99. The second-order valence-corrected chi connectivity index (χ2v) is 7.10. The van der Waals surface area contributed by atoms with Crippen LogP contribution in [0.5, 0.6) is 0 Å². The maximum absolute atomic E-state index is 13.2. The number of amides is 2. The van der Waals surface area contributed by atoms with Gasteiger partial charge in [-0.3, -0.25) is 9.59 Å². The van der Waals surface area contributed by atoms with Crippen molar-refractivity contribution in [1.29, 1.82) is 0 Å². The van der Waals surface area contributed by atoms with E-state index in [0.717, 1.165) is 44.7 Å². The Morgan fingerprint density at radius 1 is 0.963 bits per heavy atom. The second-order valence-electron chi connectivity index (χ2n) is 7.10. The van der Waals surface area contributed by atoms with Crippen molar-refractivity contribution in [1.82, 2.24) is 4.90 Å². The Morgan fingerprint density at radius 3 is 2.30 bits per heavy atom. The van der Waals surface area contributed by atoms with Gasteiger partial charge in [-0.05, 0) is 55.3 Å². The average molecular weight is 367 g/mol. The van der Waals surface area contributed by atoms with Gasteiger partial charge in [0.05, 0.1) is 0 Å². The van der Waals surface area contributed by atoms with Gasteiger partial charge in [-0.25, -0.2) is 4.39 Å². The third-order valence-electron chi connectivity index (χ3n) is 5.10. The Bertz CT molecular complexity index is 841. The Labute approximate surface area is 157 Å². The van der Waals surface area contributed by atoms with Crippen LogP contribution in [0, 0.1) is 11.7 Å². The van der Waals surface area contributed by atoms with Crippen LogP contribution in [0.25, 0.3) is 0 Å². The molecule has 1 heterocycles. The predicted molar refractivity (Wildman–Crippen MR) is 102 cm³/mol. The maximum atomic E-state index is 13.2. The summed E-state index contributed by atoms with van der Waals surface area (Å²) in [6, 6.07) is 13.2. The molecule has 6 heteroatoms. The summed E-state index contributed by atoms with van der Waals surface area (Å²) in [5.74, 6) is -0.0825. The van der Waals surface area contributed by atoms with Crippen LogP contribution in [0.1, 0.15) is 23.2 Å². The third-order valence-corrected chi connectivity index (χ3v) is 5.10. The third kappa shape index (κ3) is 4.10. The number of anilines is 2. The molecule has 0 bridgehead atoms. The van der Waals surface area contributed by atoms with Crippen molar-refractivity contribution in [2.75, 3.05) is 36.4 Å². The summed E-state index contributed by atoms with van der Waals surface area (Å²) >= 11 is 0. The number of nitrogens with zero attached hydrogens (tertiary/aromatic N) is 2. The molecule has 1 N–H and O–H groups in total. The Balaban J connectivity index is 1.34. The first kappa shape index (κ1) is 17.5. The van der Waals surface area contributed by atoms with Crippen molar-refractivity contribution >= 4 is 23.2 Å². The van der Waals surface area contributed by atoms with Crippen LogP contribution in [0.15, 0.2) is 48.5 Å². The fraction of sp³-hybridized carbons (Fsp3) is 0.333. The number of nitrogens with one attached hydrogen (secondary N) is 1. The van der Waals surface area contributed by atoms with Crippen molar-refractivity contribution in [3.05, 3.63) is 59.9 Å². The van der Waals surface area contributed by atoms with Crippen molar-refractivity contribution in [2.45, 2.75) is 12.8 Å². The summed E-state index contributed by atoms with van der Waals surface area (Å²) in [4.78, 5) is 28.6. The fourth-order valence-corrected chi connectivity index (χ4v) is 3.37. The Morgan fingerprint density at radius 2 is 1.67 bits per heavy atom. The van der Waals surface area contributed by atoms with E-state index in [1.807, 2.05) is 17.0 Å². The van der Waals surface area contributed by atoms with Crippen LogP contribution in [0.3, 0.4) is 0 Å². The molecular formula is C21H22FN3O2. The van der Waals surface area contributed by atoms with E-state index in [1.165, 1.54) is 12.1 Å². The van der Waals surface area contributed by atoms with Crippen LogP contribution in [0.2, 0.25) is 0 Å². The predicted octanol–water partition coefficient (Wildman–Crippen LogP) is 3.14. The molecule has 2 aromatic rings. The van der Waals surface area contributed by atoms with Crippen LogP contribution < -0.4 is 10.2 Å². The lowest BCUT2D eigenvalue weighted by atomic mass is 10.1. The molecule has 0 unspecified atom stereocenters. The van der Waals surface area contributed by atoms with Gasteiger partial charge in [-0.2, -0.15) is 0 Å². The van der Waals surface area contributed by atoms with Crippen LogP contribution >= 0.6 is 0 Å². The molecule has 4 rings (SSSR count). The fourth-order valence-electron chi connectivity index (χ4n) is 3.37. The van der Waals surface area contributed by atoms with E-state index >= 15 is 0 Å². The second kappa shape index (κ2) is 7.39. The minimum atomic E-state index is -0.387. The van der Waals surface area contributed by atoms with E-state index in [9.17, 15) is 14.0 Å². The SMILES string of the molecule is O=C(Nc1cccc(F)c1)c1ccc(N2CCN(C(=O)C3CC3)CC2)cc1. The Hall–Kier alpha value is -2.89. The zero-order valence-electron chi connectivity index (χ0n) is 15.0. The van der Waals surface area contributed by atoms with Crippen molar-refractivity contribution in [3.8, 4) is 0 Å². The van der Waals surface area contributed by atoms with E-state index in [-0.39, 0.29) is 17.6 Å². The molecule has 1 aliphatic heterocycles. The molecule has 0 aromatic heterocycles. The topological polar surface area (TPSA) is 52.7 Å². The molecule has 0 spiro atoms. The number of piperazine rings is 1. The van der Waals surface area contributed by atoms with E-state index in [2.05, 4.69) is 10.2 Å². The summed E-state index contributed by atoms with van der Waals surface area (Å²) in [6.07, 6.45) is 2.08. The zero-order chi connectivity index (χ0) is 18.8. The van der Waals surface area contributed by atoms with Gasteiger partial charge in [-0.15, -0.1) is 0 Å². The zero-order valence-corrected chi connectivity index (χ0v) is 15.0. The number of benzene rings is 2. The minimum Gasteiger partial charge on any atom is -0.368 e. The van der Waals surface area contributed by atoms with E-state index in [1.54, 1.807) is 24.3 Å². The first-order valence-corrected chi connectivity index (χ1v) is 9.31. The van der Waals surface area contributed by atoms with Gasteiger partial charge in [-0.1, -0.05) is 6.07 Å². The largest absolute Gasteiger partial charge is 0.368 e. The number of hydrogen-bond donors (Lipinski definition) is 1. The van der Waals surface area contributed by atoms with Crippen LogP contribution in [-0.2, 0) is 4.79 Å². The minimum absolute atomic E-state index is 0.271. The van der Waals surface area contributed by atoms with E-state index in [0.29, 0.717) is 17.2 Å². The van der Waals surface area contributed by atoms with Gasteiger partial charge < -0.3 is 15.1 Å². The van der Waals surface area contributed by atoms with E-state index in [4.69, 9.17) is 0 Å². The van der Waals surface area contributed by atoms with Crippen molar-refractivity contribution in [2.24, 2.45) is 5.92 Å². The molecule has 2 fully saturated rings. The lowest BCUT2D eigenvalue weighted by molar-refractivity contribution is -0.132. The lowest BCUT2D eigenvalue weighted by Gasteiger charge is -2.36. The summed E-state index contributed by atoms with van der Waals surface area (Å²) in [5, 5.41) is 2.70. The number of carbonyl (C=O) groups excluding carboxylic acids is 2. The molecule has 1 aliphatic carbocycles. The normalized spacial score (nSPS) is 16.9. The number of halogens is 1. The number of hydrogen-bond acceptors (Lipinski definition) is 3. The van der Waals surface area contributed by atoms with Gasteiger partial charge in [0.25, 0.3) is 5.91 Å². The molecular weight excluding hydrogens is 345 g/mol. The molecule has 140 valence electrons. The highest BCUT2D eigenvalue weighted by Gasteiger charge is 2.34. The highest BCUT2D eigenvalue weighted by Crippen LogP contribution is 2.31.